The van der Waals surface area contributed by atoms with E-state index in [1.54, 1.807) is 0 Å². The molecule has 3 aliphatic rings. The van der Waals surface area contributed by atoms with Crippen LogP contribution in [0.25, 0.3) is 0 Å². The fourth-order valence-electron chi connectivity index (χ4n) is 4.42. The Bertz CT molecular complexity index is 429. The molecule has 0 aliphatic heterocycles. The molecule has 3 saturated carbocycles. The van der Waals surface area contributed by atoms with Gasteiger partial charge in [0.25, 0.3) is 0 Å². The summed E-state index contributed by atoms with van der Waals surface area (Å²) in [6, 6.07) is 7.89. The Morgan fingerprint density at radius 2 is 1.76 bits per heavy atom. The van der Waals surface area contributed by atoms with Gasteiger partial charge in [-0.1, -0.05) is 32.9 Å². The molecule has 0 radical (unpaired) electrons. The molecular weight excluding hydrogens is 208 g/mol. The van der Waals surface area contributed by atoms with Crippen LogP contribution in [0.15, 0.2) is 24.3 Å². The number of fused-ring (bicyclic) bond motifs is 2. The first kappa shape index (κ1) is 11.1. The summed E-state index contributed by atoms with van der Waals surface area (Å²) in [5, 5.41) is 9.42. The van der Waals surface area contributed by atoms with E-state index in [2.05, 4.69) is 32.9 Å². The SMILES string of the molecule is CC1(c2ccc(O)cc2)CCC2CC1C2(C)C. The van der Waals surface area contributed by atoms with Crippen LogP contribution >= 0.6 is 0 Å². The summed E-state index contributed by atoms with van der Waals surface area (Å²) in [5.74, 6) is 2.12. The Kier molecular flexibility index (Phi) is 2.14. The summed E-state index contributed by atoms with van der Waals surface area (Å²) < 4.78 is 0. The van der Waals surface area contributed by atoms with Crippen molar-refractivity contribution in [3.63, 3.8) is 0 Å². The third-order valence-corrected chi connectivity index (χ3v) is 5.78. The zero-order valence-electron chi connectivity index (χ0n) is 11.0. The number of hydrogen-bond donors (Lipinski definition) is 1. The highest BCUT2D eigenvalue weighted by Gasteiger charge is 2.59. The molecule has 3 unspecified atom stereocenters. The lowest BCUT2D eigenvalue weighted by atomic mass is 9.40. The van der Waals surface area contributed by atoms with Gasteiger partial charge in [-0.05, 0) is 59.6 Å². The monoisotopic (exact) mass is 230 g/mol. The highest BCUT2D eigenvalue weighted by molar-refractivity contribution is 5.34. The molecule has 2 bridgehead atoms. The van der Waals surface area contributed by atoms with Crippen molar-refractivity contribution in [1.29, 1.82) is 0 Å². The van der Waals surface area contributed by atoms with Gasteiger partial charge in [0.1, 0.15) is 5.75 Å². The average molecular weight is 230 g/mol. The third kappa shape index (κ3) is 1.38. The van der Waals surface area contributed by atoms with Crippen molar-refractivity contribution in [3.8, 4) is 5.75 Å². The van der Waals surface area contributed by atoms with Gasteiger partial charge in [-0.2, -0.15) is 0 Å². The van der Waals surface area contributed by atoms with Gasteiger partial charge in [0.05, 0.1) is 0 Å². The van der Waals surface area contributed by atoms with Crippen molar-refractivity contribution < 1.29 is 5.11 Å². The van der Waals surface area contributed by atoms with E-state index < -0.39 is 0 Å². The first-order chi connectivity index (χ1) is 7.94. The lowest BCUT2D eigenvalue weighted by Gasteiger charge is -2.64. The summed E-state index contributed by atoms with van der Waals surface area (Å²) >= 11 is 0. The Morgan fingerprint density at radius 1 is 1.12 bits per heavy atom. The number of rotatable bonds is 1. The predicted molar refractivity (Wildman–Crippen MR) is 70.1 cm³/mol. The second-order valence-corrected chi connectivity index (χ2v) is 6.81. The lowest BCUT2D eigenvalue weighted by Crippen LogP contribution is -2.58. The number of phenolic OH excluding ortho intramolecular Hbond substituents is 1. The van der Waals surface area contributed by atoms with E-state index in [-0.39, 0.29) is 0 Å². The van der Waals surface area contributed by atoms with Crippen molar-refractivity contribution in [2.75, 3.05) is 0 Å². The molecule has 92 valence electrons. The first-order valence-electron chi connectivity index (χ1n) is 6.74. The lowest BCUT2D eigenvalue weighted by molar-refractivity contribution is -0.116. The van der Waals surface area contributed by atoms with Crippen molar-refractivity contribution in [2.45, 2.75) is 45.4 Å². The maximum absolute atomic E-state index is 9.42. The summed E-state index contributed by atoms with van der Waals surface area (Å²) in [4.78, 5) is 0. The van der Waals surface area contributed by atoms with Gasteiger partial charge in [-0.15, -0.1) is 0 Å². The molecule has 0 heterocycles. The third-order valence-electron chi connectivity index (χ3n) is 5.78. The number of hydrogen-bond acceptors (Lipinski definition) is 1. The fourth-order valence-corrected chi connectivity index (χ4v) is 4.42. The summed E-state index contributed by atoms with van der Waals surface area (Å²) in [5.41, 5.74) is 2.23. The molecule has 1 N–H and O–H groups in total. The van der Waals surface area contributed by atoms with Gasteiger partial charge in [0, 0.05) is 0 Å². The van der Waals surface area contributed by atoms with E-state index in [9.17, 15) is 5.11 Å². The molecule has 4 rings (SSSR count). The van der Waals surface area contributed by atoms with Gasteiger partial charge in [0.2, 0.25) is 0 Å². The normalized spacial score (nSPS) is 38.5. The van der Waals surface area contributed by atoms with Crippen molar-refractivity contribution in [2.24, 2.45) is 17.3 Å². The average Bonchev–Trinajstić information content (AvgIpc) is 2.29. The minimum absolute atomic E-state index is 0.311. The second-order valence-electron chi connectivity index (χ2n) is 6.81. The summed E-state index contributed by atoms with van der Waals surface area (Å²) in [6.07, 6.45) is 4.06. The van der Waals surface area contributed by atoms with Crippen molar-refractivity contribution in [3.05, 3.63) is 29.8 Å². The van der Waals surface area contributed by atoms with Crippen LogP contribution in [-0.4, -0.2) is 5.11 Å². The minimum atomic E-state index is 0.311. The van der Waals surface area contributed by atoms with E-state index in [4.69, 9.17) is 0 Å². The molecule has 1 aromatic rings. The molecule has 0 spiro atoms. The van der Waals surface area contributed by atoms with Gasteiger partial charge < -0.3 is 5.11 Å². The smallest absolute Gasteiger partial charge is 0.115 e. The summed E-state index contributed by atoms with van der Waals surface area (Å²) in [6.45, 7) is 7.29. The molecule has 0 aromatic heterocycles. The van der Waals surface area contributed by atoms with Crippen molar-refractivity contribution in [1.82, 2.24) is 0 Å². The van der Waals surface area contributed by atoms with Crippen LogP contribution in [0, 0.1) is 17.3 Å². The number of aromatic hydroxyl groups is 1. The van der Waals surface area contributed by atoms with Gasteiger partial charge in [-0.25, -0.2) is 0 Å². The Balaban J connectivity index is 1.98. The molecule has 17 heavy (non-hydrogen) atoms. The molecule has 3 aliphatic carbocycles. The zero-order chi connectivity index (χ0) is 12.3. The van der Waals surface area contributed by atoms with Crippen LogP contribution in [0.1, 0.15) is 45.6 Å². The molecule has 1 heteroatoms. The fraction of sp³-hybridized carbons (Fsp3) is 0.625. The van der Waals surface area contributed by atoms with Gasteiger partial charge in [-0.3, -0.25) is 0 Å². The summed E-state index contributed by atoms with van der Waals surface area (Å²) in [7, 11) is 0. The highest BCUT2D eigenvalue weighted by Crippen LogP contribution is 2.66. The van der Waals surface area contributed by atoms with Crippen molar-refractivity contribution >= 4 is 0 Å². The van der Waals surface area contributed by atoms with E-state index in [1.807, 2.05) is 12.1 Å². The van der Waals surface area contributed by atoms with Crippen LogP contribution < -0.4 is 0 Å². The molecule has 3 atom stereocenters. The van der Waals surface area contributed by atoms with Crippen LogP contribution in [0.4, 0.5) is 0 Å². The van der Waals surface area contributed by atoms with E-state index in [1.165, 1.54) is 24.8 Å². The Morgan fingerprint density at radius 3 is 2.29 bits per heavy atom. The second kappa shape index (κ2) is 3.28. The largest absolute Gasteiger partial charge is 0.508 e. The molecule has 1 aromatic carbocycles. The maximum Gasteiger partial charge on any atom is 0.115 e. The molecule has 0 saturated heterocycles. The van der Waals surface area contributed by atoms with Crippen LogP contribution in [-0.2, 0) is 5.41 Å². The molecule has 1 nitrogen and oxygen atoms in total. The number of benzene rings is 1. The molecular formula is C16H22O. The predicted octanol–water partition coefficient (Wildman–Crippen LogP) is 4.11. The quantitative estimate of drug-likeness (QED) is 0.770. The van der Waals surface area contributed by atoms with Gasteiger partial charge in [0.15, 0.2) is 0 Å². The Hall–Kier alpha value is -0.980. The molecule has 3 fully saturated rings. The maximum atomic E-state index is 9.42. The van der Waals surface area contributed by atoms with Crippen LogP contribution in [0.3, 0.4) is 0 Å². The van der Waals surface area contributed by atoms with Gasteiger partial charge >= 0.3 is 0 Å². The topological polar surface area (TPSA) is 20.2 Å². The minimum Gasteiger partial charge on any atom is -0.508 e. The van der Waals surface area contributed by atoms with E-state index in [0.29, 0.717) is 16.6 Å². The van der Waals surface area contributed by atoms with E-state index >= 15 is 0 Å². The van der Waals surface area contributed by atoms with Crippen LogP contribution in [0.5, 0.6) is 5.75 Å². The zero-order valence-corrected chi connectivity index (χ0v) is 11.0. The highest BCUT2D eigenvalue weighted by atomic mass is 16.3. The molecule has 0 amide bonds. The Labute approximate surface area is 104 Å². The standard InChI is InChI=1S/C16H22O/c1-15(2)12-8-9-16(3,14(15)10-12)11-4-6-13(17)7-5-11/h4-7,12,14,17H,8-10H2,1-3H3. The van der Waals surface area contributed by atoms with E-state index in [0.717, 1.165) is 11.8 Å². The first-order valence-corrected chi connectivity index (χ1v) is 6.74. The van der Waals surface area contributed by atoms with Crippen LogP contribution in [0.2, 0.25) is 0 Å². The number of phenols is 1.